The van der Waals surface area contributed by atoms with Crippen LogP contribution < -0.4 is 10.2 Å². The quantitative estimate of drug-likeness (QED) is 0.390. The lowest BCUT2D eigenvalue weighted by molar-refractivity contribution is -0.133. The van der Waals surface area contributed by atoms with E-state index in [0.717, 1.165) is 29.3 Å². The molecule has 1 atom stereocenters. The van der Waals surface area contributed by atoms with Crippen molar-refractivity contribution in [3.8, 4) is 5.75 Å². The molecule has 2 aromatic carbocycles. The predicted molar refractivity (Wildman–Crippen MR) is 132 cm³/mol. The zero-order valence-electron chi connectivity index (χ0n) is 19.8. The van der Waals surface area contributed by atoms with Crippen molar-refractivity contribution in [2.24, 2.45) is 5.92 Å². The second kappa shape index (κ2) is 11.7. The molecule has 1 heterocycles. The fourth-order valence-electron chi connectivity index (χ4n) is 3.36. The number of carbonyl (C=O) groups is 2. The molecule has 2 N–H and O–H groups in total. The highest BCUT2D eigenvalue weighted by Crippen LogP contribution is 2.22. The number of aryl methyl sites for hydroxylation is 1. The van der Waals surface area contributed by atoms with Crippen molar-refractivity contribution < 1.29 is 19.4 Å². The van der Waals surface area contributed by atoms with E-state index < -0.39 is 11.9 Å². The second-order valence-electron chi connectivity index (χ2n) is 8.51. The lowest BCUT2D eigenvalue weighted by atomic mass is 9.96. The number of hydrogen-bond donors (Lipinski definition) is 2. The van der Waals surface area contributed by atoms with Gasteiger partial charge in [-0.3, -0.25) is 15.0 Å². The van der Waals surface area contributed by atoms with Gasteiger partial charge in [-0.25, -0.2) is 4.68 Å². The monoisotopic (exact) mass is 482 g/mol. The van der Waals surface area contributed by atoms with Gasteiger partial charge in [0.2, 0.25) is 11.1 Å². The standard InChI is InChI=1S/C25H30N4O4S/c1-16(2)13-19-9-11-20(12-10-19)18(4)24(32)28-29-22(26-27-25(29)34-15-23(30)31)14-33-21-8-6-5-7-17(21)3/h5-12,16,18H,13-15H2,1-4H3,(H,28,32)(H,30,31). The zero-order chi connectivity index (χ0) is 24.7. The van der Waals surface area contributed by atoms with E-state index in [0.29, 0.717) is 17.5 Å². The van der Waals surface area contributed by atoms with Crippen molar-refractivity contribution in [3.05, 3.63) is 71.0 Å². The van der Waals surface area contributed by atoms with Crippen LogP contribution in [0.3, 0.4) is 0 Å². The summed E-state index contributed by atoms with van der Waals surface area (Å²) in [5.74, 6) is -0.272. The van der Waals surface area contributed by atoms with Crippen LogP contribution in [-0.4, -0.2) is 37.6 Å². The van der Waals surface area contributed by atoms with Gasteiger partial charge < -0.3 is 9.84 Å². The summed E-state index contributed by atoms with van der Waals surface area (Å²) in [6.45, 7) is 8.16. The lowest BCUT2D eigenvalue weighted by Crippen LogP contribution is -2.29. The molecule has 3 aromatic rings. The topological polar surface area (TPSA) is 106 Å². The Hall–Kier alpha value is -3.33. The van der Waals surface area contributed by atoms with Crippen molar-refractivity contribution in [3.63, 3.8) is 0 Å². The molecule has 1 unspecified atom stereocenters. The highest BCUT2D eigenvalue weighted by atomic mass is 32.2. The Morgan fingerprint density at radius 1 is 1.09 bits per heavy atom. The molecule has 0 fully saturated rings. The molecule has 0 saturated carbocycles. The summed E-state index contributed by atoms with van der Waals surface area (Å²) in [5, 5.41) is 17.5. The Morgan fingerprint density at radius 2 is 1.79 bits per heavy atom. The molecular formula is C25H30N4O4S. The lowest BCUT2D eigenvalue weighted by Gasteiger charge is -2.16. The second-order valence-corrected chi connectivity index (χ2v) is 9.45. The average Bonchev–Trinajstić information content (AvgIpc) is 3.18. The Balaban J connectivity index is 1.77. The molecule has 180 valence electrons. The van der Waals surface area contributed by atoms with Gasteiger partial charge in [0.05, 0.1) is 11.7 Å². The van der Waals surface area contributed by atoms with Crippen LogP contribution in [0.4, 0.5) is 0 Å². The Kier molecular flexibility index (Phi) is 8.70. The summed E-state index contributed by atoms with van der Waals surface area (Å²) < 4.78 is 7.29. The molecule has 34 heavy (non-hydrogen) atoms. The number of para-hydroxylation sites is 1. The van der Waals surface area contributed by atoms with Crippen LogP contribution >= 0.6 is 11.8 Å². The van der Waals surface area contributed by atoms with Gasteiger partial charge in [-0.1, -0.05) is 68.1 Å². The van der Waals surface area contributed by atoms with Gasteiger partial charge >= 0.3 is 5.97 Å². The van der Waals surface area contributed by atoms with Gasteiger partial charge in [-0.2, -0.15) is 0 Å². The first-order valence-electron chi connectivity index (χ1n) is 11.1. The zero-order valence-corrected chi connectivity index (χ0v) is 20.6. The summed E-state index contributed by atoms with van der Waals surface area (Å²) in [7, 11) is 0. The Morgan fingerprint density at radius 3 is 2.44 bits per heavy atom. The Bertz CT molecular complexity index is 1130. The molecule has 3 rings (SSSR count). The minimum absolute atomic E-state index is 0.0596. The van der Waals surface area contributed by atoms with Crippen molar-refractivity contribution in [2.45, 2.75) is 51.8 Å². The van der Waals surface area contributed by atoms with Crippen LogP contribution in [0.5, 0.6) is 5.75 Å². The number of rotatable bonds is 11. The number of carboxylic acid groups (broad SMARTS) is 1. The van der Waals surface area contributed by atoms with Gasteiger partial charge in [0.25, 0.3) is 0 Å². The SMILES string of the molecule is Cc1ccccc1OCc1nnc(SCC(=O)O)n1NC(=O)C(C)c1ccc(CC(C)C)cc1. The third-order valence-corrected chi connectivity index (χ3v) is 6.13. The van der Waals surface area contributed by atoms with Gasteiger partial charge in [0, 0.05) is 0 Å². The maximum absolute atomic E-state index is 13.1. The van der Waals surface area contributed by atoms with Crippen LogP contribution in [0.25, 0.3) is 0 Å². The number of nitrogens with one attached hydrogen (secondary N) is 1. The van der Waals surface area contributed by atoms with Crippen LogP contribution in [-0.2, 0) is 22.6 Å². The Labute approximate surface area is 203 Å². The third-order valence-electron chi connectivity index (χ3n) is 5.21. The molecule has 0 spiro atoms. The maximum Gasteiger partial charge on any atom is 0.313 e. The molecule has 9 heteroatoms. The third kappa shape index (κ3) is 6.84. The van der Waals surface area contributed by atoms with Crippen LogP contribution in [0, 0.1) is 12.8 Å². The van der Waals surface area contributed by atoms with E-state index in [-0.39, 0.29) is 23.4 Å². The molecule has 0 aliphatic heterocycles. The summed E-state index contributed by atoms with van der Waals surface area (Å²) >= 11 is 0.977. The van der Waals surface area contributed by atoms with Crippen LogP contribution in [0.1, 0.15) is 49.2 Å². The summed E-state index contributed by atoms with van der Waals surface area (Å²) in [4.78, 5) is 24.1. The van der Waals surface area contributed by atoms with E-state index in [1.807, 2.05) is 62.4 Å². The maximum atomic E-state index is 13.1. The molecule has 0 saturated heterocycles. The van der Waals surface area contributed by atoms with Crippen molar-refractivity contribution in [1.82, 2.24) is 14.9 Å². The number of hydrogen-bond acceptors (Lipinski definition) is 6. The average molecular weight is 483 g/mol. The number of amides is 1. The summed E-state index contributed by atoms with van der Waals surface area (Å²) in [6.07, 6.45) is 0.982. The number of nitrogens with zero attached hydrogens (tertiary/aromatic N) is 3. The van der Waals surface area contributed by atoms with Crippen LogP contribution in [0.15, 0.2) is 53.7 Å². The number of carboxylic acids is 1. The molecule has 0 aliphatic rings. The first-order chi connectivity index (χ1) is 16.2. The minimum Gasteiger partial charge on any atom is -0.485 e. The van der Waals surface area contributed by atoms with E-state index in [1.54, 1.807) is 0 Å². The van der Waals surface area contributed by atoms with E-state index in [9.17, 15) is 9.59 Å². The molecule has 0 radical (unpaired) electrons. The first kappa shape index (κ1) is 25.3. The molecule has 8 nitrogen and oxygen atoms in total. The molecular weight excluding hydrogens is 452 g/mol. The number of ether oxygens (including phenoxy) is 1. The number of aromatic nitrogens is 3. The predicted octanol–water partition coefficient (Wildman–Crippen LogP) is 4.41. The van der Waals surface area contributed by atoms with E-state index in [4.69, 9.17) is 9.84 Å². The van der Waals surface area contributed by atoms with Gasteiger partial charge in [0.15, 0.2) is 5.82 Å². The fraction of sp³-hybridized carbons (Fsp3) is 0.360. The number of benzene rings is 2. The number of aliphatic carboxylic acids is 1. The summed E-state index contributed by atoms with van der Waals surface area (Å²) in [6, 6.07) is 15.6. The van der Waals surface area contributed by atoms with Crippen molar-refractivity contribution >= 4 is 23.6 Å². The summed E-state index contributed by atoms with van der Waals surface area (Å²) in [5.41, 5.74) is 5.92. The normalized spacial score (nSPS) is 11.9. The molecule has 1 amide bonds. The van der Waals surface area contributed by atoms with E-state index in [2.05, 4.69) is 29.5 Å². The molecule has 1 aromatic heterocycles. The minimum atomic E-state index is -0.988. The molecule has 0 bridgehead atoms. The van der Waals surface area contributed by atoms with Crippen molar-refractivity contribution in [1.29, 1.82) is 0 Å². The smallest absolute Gasteiger partial charge is 0.313 e. The number of carbonyl (C=O) groups excluding carboxylic acids is 1. The van der Waals surface area contributed by atoms with Gasteiger partial charge in [-0.05, 0) is 48.9 Å². The van der Waals surface area contributed by atoms with E-state index in [1.165, 1.54) is 10.2 Å². The highest BCUT2D eigenvalue weighted by molar-refractivity contribution is 7.99. The number of thioether (sulfide) groups is 1. The van der Waals surface area contributed by atoms with Gasteiger partial charge in [0.1, 0.15) is 12.4 Å². The molecule has 0 aliphatic carbocycles. The van der Waals surface area contributed by atoms with Crippen molar-refractivity contribution in [2.75, 3.05) is 11.2 Å². The first-order valence-corrected chi connectivity index (χ1v) is 12.1. The van der Waals surface area contributed by atoms with Gasteiger partial charge in [-0.15, -0.1) is 10.2 Å². The van der Waals surface area contributed by atoms with Crippen LogP contribution in [0.2, 0.25) is 0 Å². The largest absolute Gasteiger partial charge is 0.485 e. The highest BCUT2D eigenvalue weighted by Gasteiger charge is 2.21. The fourth-order valence-corrected chi connectivity index (χ4v) is 3.99. The van der Waals surface area contributed by atoms with E-state index >= 15 is 0 Å².